The maximum atomic E-state index is 13.6. The predicted octanol–water partition coefficient (Wildman–Crippen LogP) is 6.92. The van der Waals surface area contributed by atoms with Crippen molar-refractivity contribution in [2.24, 2.45) is 0 Å². The smallest absolute Gasteiger partial charge is 0.339 e. The van der Waals surface area contributed by atoms with Crippen LogP contribution in [-0.2, 0) is 20.8 Å². The van der Waals surface area contributed by atoms with Gasteiger partial charge in [0.1, 0.15) is 0 Å². The molecule has 2 aliphatic heterocycles. The highest BCUT2D eigenvalue weighted by atomic mass is 16.6. The normalized spacial score (nSPS) is 16.3. The molecule has 8 heteroatoms. The molecule has 0 amide bonds. The summed E-state index contributed by atoms with van der Waals surface area (Å²) >= 11 is 0. The van der Waals surface area contributed by atoms with Crippen molar-refractivity contribution in [3.05, 3.63) is 76.7 Å². The average molecular weight is 594 g/mol. The first-order valence-electron chi connectivity index (χ1n) is 15.4. The number of rotatable bonds is 6. The van der Waals surface area contributed by atoms with Crippen molar-refractivity contribution in [1.29, 1.82) is 0 Å². The van der Waals surface area contributed by atoms with Crippen LogP contribution in [0.1, 0.15) is 61.2 Å². The number of carbonyl (C=O) groups excluding carboxylic acids is 1. The highest BCUT2D eigenvalue weighted by Crippen LogP contribution is 2.49. The summed E-state index contributed by atoms with van der Waals surface area (Å²) in [6, 6.07) is 10.7. The Morgan fingerprint density at radius 1 is 0.977 bits per heavy atom. The van der Waals surface area contributed by atoms with Crippen LogP contribution >= 0.6 is 0 Å². The van der Waals surface area contributed by atoms with Crippen LogP contribution in [-0.4, -0.2) is 64.8 Å². The fraction of sp³-hybridized carbons (Fsp3) is 0.417. The molecule has 4 heterocycles. The summed E-state index contributed by atoms with van der Waals surface area (Å²) in [5, 5.41) is 1.08. The summed E-state index contributed by atoms with van der Waals surface area (Å²) in [4.78, 5) is 27.9. The third-order valence-electron chi connectivity index (χ3n) is 8.80. The molecule has 230 valence electrons. The van der Waals surface area contributed by atoms with Crippen molar-refractivity contribution in [3.63, 3.8) is 0 Å². The SMILES string of the molecule is COC(=O)[C@@H](OC(C)(C)C)c1c(C)c2c3c(cc(C)n3CCN2c2ncc(C3=CCN(C)CC3)cn2)c1-c1ccc(C)cc1. The molecule has 0 saturated heterocycles. The lowest BCUT2D eigenvalue weighted by molar-refractivity contribution is -0.164. The summed E-state index contributed by atoms with van der Waals surface area (Å²) in [5.74, 6) is 0.227. The first-order valence-corrected chi connectivity index (χ1v) is 15.4. The lowest BCUT2D eigenvalue weighted by Crippen LogP contribution is -2.32. The molecule has 6 rings (SSSR count). The zero-order valence-corrected chi connectivity index (χ0v) is 27.2. The van der Waals surface area contributed by atoms with Gasteiger partial charge in [-0.1, -0.05) is 35.9 Å². The number of carbonyl (C=O) groups is 1. The van der Waals surface area contributed by atoms with Crippen molar-refractivity contribution in [2.75, 3.05) is 38.7 Å². The van der Waals surface area contributed by atoms with Crippen LogP contribution in [0.2, 0.25) is 0 Å². The summed E-state index contributed by atoms with van der Waals surface area (Å²) < 4.78 is 14.3. The van der Waals surface area contributed by atoms with Crippen LogP contribution in [0.25, 0.3) is 27.6 Å². The van der Waals surface area contributed by atoms with Crippen LogP contribution in [0.5, 0.6) is 0 Å². The van der Waals surface area contributed by atoms with E-state index in [2.05, 4.69) is 78.6 Å². The standard InChI is InChI=1S/C36H43N5O3/c1-22-9-11-26(12-10-22)30-28-19-23(2)40-17-18-41(35-37-20-27(21-38-35)25-13-15-39(7)16-14-25)31(32(28)40)24(3)29(30)33(34(42)43-8)44-36(4,5)6/h9-13,19-21,33H,14-18H2,1-8H3/t33-/m0/s1. The summed E-state index contributed by atoms with van der Waals surface area (Å²) in [6.07, 6.45) is 6.23. The topological polar surface area (TPSA) is 72.7 Å². The van der Waals surface area contributed by atoms with Gasteiger partial charge in [-0.2, -0.15) is 0 Å². The minimum atomic E-state index is -0.927. The highest BCUT2D eigenvalue weighted by Gasteiger charge is 2.37. The number of aromatic nitrogens is 3. The zero-order valence-electron chi connectivity index (χ0n) is 27.2. The summed E-state index contributed by atoms with van der Waals surface area (Å²) in [5.41, 5.74) is 10.0. The zero-order chi connectivity index (χ0) is 31.3. The fourth-order valence-corrected chi connectivity index (χ4v) is 6.59. The Morgan fingerprint density at radius 2 is 1.68 bits per heavy atom. The minimum absolute atomic E-state index is 0.423. The second kappa shape index (κ2) is 11.5. The number of likely N-dealkylation sites (N-methyl/N-ethyl adjacent to an activating group) is 1. The van der Waals surface area contributed by atoms with E-state index in [-0.39, 0.29) is 0 Å². The number of nitrogens with zero attached hydrogens (tertiary/aromatic N) is 5. The van der Waals surface area contributed by atoms with Gasteiger partial charge in [-0.05, 0) is 83.3 Å². The molecule has 0 N–H and O–H groups in total. The molecule has 4 aromatic rings. The Labute approximate surface area is 260 Å². The molecular weight excluding hydrogens is 550 g/mol. The Kier molecular flexibility index (Phi) is 7.84. The van der Waals surface area contributed by atoms with Crippen LogP contribution in [0, 0.1) is 20.8 Å². The molecule has 2 aliphatic rings. The number of esters is 1. The van der Waals surface area contributed by atoms with E-state index in [1.54, 1.807) is 0 Å². The van der Waals surface area contributed by atoms with E-state index >= 15 is 0 Å². The lowest BCUT2D eigenvalue weighted by atomic mass is 9.87. The quantitative estimate of drug-likeness (QED) is 0.225. The molecule has 2 aromatic carbocycles. The van der Waals surface area contributed by atoms with Crippen LogP contribution in [0.4, 0.5) is 11.6 Å². The monoisotopic (exact) mass is 593 g/mol. The maximum Gasteiger partial charge on any atom is 0.339 e. The van der Waals surface area contributed by atoms with Crippen molar-refractivity contribution in [3.8, 4) is 11.1 Å². The van der Waals surface area contributed by atoms with E-state index in [9.17, 15) is 4.79 Å². The fourth-order valence-electron chi connectivity index (χ4n) is 6.59. The molecule has 0 unspecified atom stereocenters. The molecule has 0 spiro atoms. The molecule has 8 nitrogen and oxygen atoms in total. The maximum absolute atomic E-state index is 13.6. The van der Waals surface area contributed by atoms with Gasteiger partial charge in [0.05, 0.1) is 23.9 Å². The van der Waals surface area contributed by atoms with Crippen LogP contribution in [0.15, 0.2) is 48.8 Å². The molecule has 44 heavy (non-hydrogen) atoms. The van der Waals surface area contributed by atoms with Crippen molar-refractivity contribution in [1.82, 2.24) is 19.4 Å². The molecule has 0 fully saturated rings. The Bertz CT molecular complexity index is 1750. The van der Waals surface area contributed by atoms with Gasteiger partial charge in [-0.25, -0.2) is 14.8 Å². The minimum Gasteiger partial charge on any atom is -0.467 e. The van der Waals surface area contributed by atoms with Gasteiger partial charge in [0.15, 0.2) is 6.10 Å². The Morgan fingerprint density at radius 3 is 2.30 bits per heavy atom. The van der Waals surface area contributed by atoms with E-state index in [1.807, 2.05) is 33.2 Å². The molecule has 0 saturated carbocycles. The van der Waals surface area contributed by atoms with E-state index in [0.29, 0.717) is 12.5 Å². The third kappa shape index (κ3) is 5.41. The van der Waals surface area contributed by atoms with Crippen LogP contribution < -0.4 is 4.90 Å². The highest BCUT2D eigenvalue weighted by molar-refractivity contribution is 6.08. The van der Waals surface area contributed by atoms with E-state index in [4.69, 9.17) is 19.4 Å². The lowest BCUT2D eigenvalue weighted by Gasteiger charge is -2.35. The van der Waals surface area contributed by atoms with E-state index in [0.717, 1.165) is 70.5 Å². The number of anilines is 2. The predicted molar refractivity (Wildman–Crippen MR) is 176 cm³/mol. The van der Waals surface area contributed by atoms with Gasteiger partial charge < -0.3 is 23.8 Å². The third-order valence-corrected chi connectivity index (χ3v) is 8.80. The number of hydrogen-bond acceptors (Lipinski definition) is 7. The van der Waals surface area contributed by atoms with Gasteiger partial charge >= 0.3 is 5.97 Å². The van der Waals surface area contributed by atoms with Crippen LogP contribution in [0.3, 0.4) is 0 Å². The average Bonchev–Trinajstić information content (AvgIpc) is 3.34. The molecule has 0 bridgehead atoms. The Balaban J connectivity index is 1.59. The van der Waals surface area contributed by atoms with Crippen molar-refractivity contribution in [2.45, 2.75) is 66.2 Å². The van der Waals surface area contributed by atoms with Crippen molar-refractivity contribution < 1.29 is 14.3 Å². The molecule has 2 aromatic heterocycles. The van der Waals surface area contributed by atoms with Gasteiger partial charge in [0, 0.05) is 60.8 Å². The second-order valence-electron chi connectivity index (χ2n) is 13.1. The van der Waals surface area contributed by atoms with Gasteiger partial charge in [-0.15, -0.1) is 0 Å². The number of methoxy groups -OCH3 is 1. The van der Waals surface area contributed by atoms with Gasteiger partial charge in [-0.3, -0.25) is 0 Å². The van der Waals surface area contributed by atoms with E-state index in [1.165, 1.54) is 23.9 Å². The Hall–Kier alpha value is -4.01. The molecule has 1 atom stereocenters. The molecular formula is C36H43N5O3. The van der Waals surface area contributed by atoms with Crippen molar-refractivity contribution >= 4 is 34.1 Å². The number of ether oxygens (including phenoxy) is 2. The number of aryl methyl sites for hydroxylation is 2. The first kappa shape index (κ1) is 30.0. The largest absolute Gasteiger partial charge is 0.467 e. The summed E-state index contributed by atoms with van der Waals surface area (Å²) in [6.45, 7) is 15.7. The van der Waals surface area contributed by atoms with Gasteiger partial charge in [0.25, 0.3) is 0 Å². The molecule has 0 aliphatic carbocycles. The first-order chi connectivity index (χ1) is 21.0. The number of benzene rings is 2. The second-order valence-corrected chi connectivity index (χ2v) is 13.1. The molecule has 0 radical (unpaired) electrons. The number of hydrogen-bond donors (Lipinski definition) is 0. The van der Waals surface area contributed by atoms with E-state index < -0.39 is 17.7 Å². The van der Waals surface area contributed by atoms with Gasteiger partial charge in [0.2, 0.25) is 5.95 Å². The summed E-state index contributed by atoms with van der Waals surface area (Å²) in [7, 11) is 3.56.